The van der Waals surface area contributed by atoms with Gasteiger partial charge in [-0.25, -0.2) is 17.6 Å². The number of nitrogens with one attached hydrogen (secondary N) is 1. The third-order valence-corrected chi connectivity index (χ3v) is 11.0. The predicted molar refractivity (Wildman–Crippen MR) is 181 cm³/mol. The quantitative estimate of drug-likeness (QED) is 0.291. The maximum Gasteiger partial charge on any atom is 0.350 e. The Hall–Kier alpha value is -3.80. The van der Waals surface area contributed by atoms with E-state index in [4.69, 9.17) is 9.47 Å². The number of carbonyl (C=O) groups is 1. The Morgan fingerprint density at radius 2 is 1.77 bits per heavy atom. The van der Waals surface area contributed by atoms with E-state index in [-0.39, 0.29) is 22.8 Å². The number of hydrogen-bond acceptors (Lipinski definition) is 7. The van der Waals surface area contributed by atoms with E-state index in [2.05, 4.69) is 27.3 Å². The second kappa shape index (κ2) is 13.7. The molecule has 3 aliphatic rings. The highest BCUT2D eigenvalue weighted by Gasteiger charge is 2.53. The van der Waals surface area contributed by atoms with Crippen LogP contribution in [0.4, 0.5) is 14.9 Å². The Kier molecular flexibility index (Phi) is 9.68. The molecule has 3 aromatic rings. The van der Waals surface area contributed by atoms with E-state index in [1.807, 2.05) is 26.0 Å². The molecule has 0 saturated carbocycles. The third kappa shape index (κ3) is 7.07. The lowest BCUT2D eigenvalue weighted by molar-refractivity contribution is 0.0817. The number of likely N-dealkylation sites (tertiary alicyclic amines) is 1. The fraction of sp³-hybridized carbons (Fsp3) is 0.444. The van der Waals surface area contributed by atoms with Crippen LogP contribution in [0.25, 0.3) is 11.1 Å². The Balaban J connectivity index is 1.33. The molecule has 0 aliphatic carbocycles. The maximum atomic E-state index is 15.0. The standard InChI is InChI=1S/C36H43FN4O5S/c1-4-47(43,44)31-11-8-27(9-12-31)32-13-10-28(37)23-33(32)41-35(42)39-34(38-29-14-20-45-21-15-29)36(41)16-18-40(19-17-36)24-26-6-5-7-30(22-26)46-25(2)3/h5-13,22-23,25,29H,4,14-21,24H2,1-3H3,(H,38,39,42). The molecule has 3 aliphatic heterocycles. The van der Waals surface area contributed by atoms with Crippen molar-refractivity contribution in [1.82, 2.24) is 10.2 Å². The zero-order valence-corrected chi connectivity index (χ0v) is 28.1. The van der Waals surface area contributed by atoms with Crippen LogP contribution >= 0.6 is 0 Å². The molecule has 2 fully saturated rings. The second-order valence-electron chi connectivity index (χ2n) is 12.8. The topological polar surface area (TPSA) is 101 Å². The van der Waals surface area contributed by atoms with Crippen LogP contribution in [0.1, 0.15) is 52.0 Å². The molecule has 3 aromatic carbocycles. The van der Waals surface area contributed by atoms with Crippen molar-refractivity contribution in [3.8, 4) is 16.9 Å². The third-order valence-electron chi connectivity index (χ3n) is 9.29. The number of anilines is 1. The number of sulfone groups is 1. The highest BCUT2D eigenvalue weighted by molar-refractivity contribution is 7.91. The van der Waals surface area contributed by atoms with Crippen molar-refractivity contribution in [1.29, 1.82) is 0 Å². The summed E-state index contributed by atoms with van der Waals surface area (Å²) in [5, 5.41) is 3.62. The number of hydrogen-bond donors (Lipinski definition) is 1. The first-order chi connectivity index (χ1) is 22.6. The minimum atomic E-state index is -3.39. The molecule has 11 heteroatoms. The summed E-state index contributed by atoms with van der Waals surface area (Å²) in [5.74, 6) is 0.991. The first-order valence-corrected chi connectivity index (χ1v) is 18.1. The van der Waals surface area contributed by atoms with E-state index in [1.54, 1.807) is 42.2 Å². The van der Waals surface area contributed by atoms with Crippen LogP contribution in [0.15, 0.2) is 76.6 Å². The predicted octanol–water partition coefficient (Wildman–Crippen LogP) is 6.22. The van der Waals surface area contributed by atoms with Crippen molar-refractivity contribution in [2.24, 2.45) is 4.99 Å². The summed E-state index contributed by atoms with van der Waals surface area (Å²) in [6.07, 6.45) is 2.89. The molecule has 2 amide bonds. The molecule has 0 unspecified atom stereocenters. The lowest BCUT2D eigenvalue weighted by Gasteiger charge is -2.46. The molecule has 2 saturated heterocycles. The van der Waals surface area contributed by atoms with E-state index >= 15 is 4.39 Å². The van der Waals surface area contributed by atoms with E-state index in [0.717, 1.165) is 30.7 Å². The monoisotopic (exact) mass is 662 g/mol. The Morgan fingerprint density at radius 1 is 1.04 bits per heavy atom. The zero-order chi connectivity index (χ0) is 33.2. The lowest BCUT2D eigenvalue weighted by Crippen LogP contribution is -2.62. The number of ether oxygens (including phenoxy) is 2. The number of urea groups is 1. The lowest BCUT2D eigenvalue weighted by atomic mass is 9.83. The molecule has 3 heterocycles. The number of benzene rings is 3. The molecule has 1 N–H and O–H groups in total. The largest absolute Gasteiger partial charge is 0.491 e. The fourth-order valence-corrected chi connectivity index (χ4v) is 7.69. The summed E-state index contributed by atoms with van der Waals surface area (Å²) in [6.45, 7) is 9.03. The van der Waals surface area contributed by atoms with Crippen LogP contribution in [0.2, 0.25) is 0 Å². The van der Waals surface area contributed by atoms with E-state index < -0.39 is 27.2 Å². The Labute approximate surface area is 276 Å². The molecule has 47 heavy (non-hydrogen) atoms. The average Bonchev–Trinajstić information content (AvgIpc) is 3.31. The number of aliphatic imine (C=N–C) groups is 1. The summed E-state index contributed by atoms with van der Waals surface area (Å²) in [7, 11) is -3.39. The van der Waals surface area contributed by atoms with Crippen molar-refractivity contribution in [2.75, 3.05) is 37.0 Å². The molecule has 0 radical (unpaired) electrons. The van der Waals surface area contributed by atoms with Crippen molar-refractivity contribution < 1.29 is 27.1 Å². The van der Waals surface area contributed by atoms with E-state index in [0.29, 0.717) is 61.8 Å². The van der Waals surface area contributed by atoms with Gasteiger partial charge in [-0.15, -0.1) is 0 Å². The van der Waals surface area contributed by atoms with Gasteiger partial charge in [0.1, 0.15) is 22.9 Å². The van der Waals surface area contributed by atoms with Gasteiger partial charge in [-0.1, -0.05) is 31.2 Å². The summed E-state index contributed by atoms with van der Waals surface area (Å²) in [5.41, 5.74) is 2.08. The molecule has 9 nitrogen and oxygen atoms in total. The van der Waals surface area contributed by atoms with Crippen LogP contribution < -0.4 is 15.0 Å². The Bertz CT molecular complexity index is 1730. The zero-order valence-electron chi connectivity index (χ0n) is 27.2. The summed E-state index contributed by atoms with van der Waals surface area (Å²) >= 11 is 0. The van der Waals surface area contributed by atoms with Gasteiger partial charge in [0.05, 0.1) is 22.4 Å². The Morgan fingerprint density at radius 3 is 2.45 bits per heavy atom. The summed E-state index contributed by atoms with van der Waals surface area (Å²) in [4.78, 5) is 22.8. The number of halogens is 1. The van der Waals surface area contributed by atoms with Gasteiger partial charge in [-0.2, -0.15) is 4.99 Å². The number of nitrogens with zero attached hydrogens (tertiary/aromatic N) is 3. The minimum Gasteiger partial charge on any atom is -0.491 e. The van der Waals surface area contributed by atoms with Crippen LogP contribution in [0.3, 0.4) is 0 Å². The minimum absolute atomic E-state index is 0.00659. The number of amides is 2. The highest BCUT2D eigenvalue weighted by Crippen LogP contribution is 2.43. The number of carbonyl (C=O) groups excluding carboxylic acids is 1. The number of piperidine rings is 1. The smallest absolute Gasteiger partial charge is 0.350 e. The number of rotatable bonds is 9. The normalized spacial score (nSPS) is 19.0. The van der Waals surface area contributed by atoms with Gasteiger partial charge in [0.15, 0.2) is 9.84 Å². The summed E-state index contributed by atoms with van der Waals surface area (Å²) in [6, 6.07) is 18.8. The van der Waals surface area contributed by atoms with Crippen LogP contribution in [0, 0.1) is 5.82 Å². The molecular formula is C36H43FN4O5S. The van der Waals surface area contributed by atoms with E-state index in [1.165, 1.54) is 12.1 Å². The van der Waals surface area contributed by atoms with Gasteiger partial charge in [-0.05, 0) is 93.1 Å². The highest BCUT2D eigenvalue weighted by atomic mass is 32.2. The molecule has 6 rings (SSSR count). The maximum absolute atomic E-state index is 15.0. The molecule has 0 atom stereocenters. The molecular weight excluding hydrogens is 619 g/mol. The summed E-state index contributed by atoms with van der Waals surface area (Å²) < 4.78 is 51.5. The van der Waals surface area contributed by atoms with Crippen molar-refractivity contribution in [2.45, 2.75) is 75.6 Å². The van der Waals surface area contributed by atoms with Gasteiger partial charge in [0.25, 0.3) is 0 Å². The van der Waals surface area contributed by atoms with Gasteiger partial charge in [-0.3, -0.25) is 9.80 Å². The molecule has 0 aromatic heterocycles. The first kappa shape index (κ1) is 33.1. The first-order valence-electron chi connectivity index (χ1n) is 16.5. The average molecular weight is 663 g/mol. The van der Waals surface area contributed by atoms with Gasteiger partial charge in [0.2, 0.25) is 0 Å². The van der Waals surface area contributed by atoms with Crippen molar-refractivity contribution >= 4 is 27.4 Å². The number of amidine groups is 1. The van der Waals surface area contributed by atoms with Crippen LogP contribution in [-0.4, -0.2) is 74.9 Å². The van der Waals surface area contributed by atoms with Crippen LogP contribution in [0.5, 0.6) is 5.75 Å². The molecule has 1 spiro atoms. The molecule has 0 bridgehead atoms. The van der Waals surface area contributed by atoms with Crippen LogP contribution in [-0.2, 0) is 21.1 Å². The fourth-order valence-electron chi connectivity index (χ4n) is 6.81. The van der Waals surface area contributed by atoms with Crippen molar-refractivity contribution in [3.63, 3.8) is 0 Å². The second-order valence-corrected chi connectivity index (χ2v) is 15.1. The van der Waals surface area contributed by atoms with Gasteiger partial charge >= 0.3 is 6.03 Å². The molecule has 250 valence electrons. The van der Waals surface area contributed by atoms with Gasteiger partial charge < -0.3 is 14.8 Å². The van der Waals surface area contributed by atoms with E-state index in [9.17, 15) is 13.2 Å². The van der Waals surface area contributed by atoms with Gasteiger partial charge in [0, 0.05) is 44.5 Å². The van der Waals surface area contributed by atoms with Crippen molar-refractivity contribution in [3.05, 3.63) is 78.1 Å². The SMILES string of the molecule is CCS(=O)(=O)c1ccc(-c2ccc(F)cc2N2C(=O)N=C(NC3CCOCC3)C23CCN(Cc2cccc(OC(C)C)c2)CC3)cc1.